The van der Waals surface area contributed by atoms with Gasteiger partial charge in [-0.3, -0.25) is 4.79 Å². The molecule has 0 spiro atoms. The van der Waals surface area contributed by atoms with Gasteiger partial charge in [0.1, 0.15) is 0 Å². The number of benzene rings is 1. The molecule has 1 heterocycles. The van der Waals surface area contributed by atoms with E-state index in [2.05, 4.69) is 10.3 Å². The lowest BCUT2D eigenvalue weighted by molar-refractivity contribution is -0.120. The molecule has 5 heteroatoms. The first-order valence-corrected chi connectivity index (χ1v) is 6.71. The van der Waals surface area contributed by atoms with Crippen molar-refractivity contribution in [2.45, 2.75) is 13.8 Å². The van der Waals surface area contributed by atoms with Crippen molar-refractivity contribution < 1.29 is 4.79 Å². The van der Waals surface area contributed by atoms with Crippen molar-refractivity contribution in [1.82, 2.24) is 9.55 Å². The van der Waals surface area contributed by atoms with Gasteiger partial charge >= 0.3 is 0 Å². The number of carbonyl (C=O) groups is 1. The van der Waals surface area contributed by atoms with Gasteiger partial charge in [-0.25, -0.2) is 4.98 Å². The average molecular weight is 272 g/mol. The van der Waals surface area contributed by atoms with Gasteiger partial charge in [0, 0.05) is 18.9 Å². The molecule has 0 aliphatic carbocycles. The van der Waals surface area contributed by atoms with Crippen LogP contribution in [0.2, 0.25) is 0 Å². The molecule has 0 radical (unpaired) electrons. The summed E-state index contributed by atoms with van der Waals surface area (Å²) in [7, 11) is 0. The summed E-state index contributed by atoms with van der Waals surface area (Å²) in [6.07, 6.45) is 5.25. The normalized spacial score (nSPS) is 12.4. The molecule has 5 nitrogen and oxygen atoms in total. The summed E-state index contributed by atoms with van der Waals surface area (Å²) in [6, 6.07) is 7.63. The summed E-state index contributed by atoms with van der Waals surface area (Å²) in [6.45, 7) is 4.34. The minimum atomic E-state index is -0.189. The fourth-order valence-electron chi connectivity index (χ4n) is 2.11. The minimum absolute atomic E-state index is 0.0462. The Hall–Kier alpha value is -2.14. The highest BCUT2D eigenvalue weighted by molar-refractivity contribution is 5.94. The number of amides is 1. The molecular formula is C15H20N4O. The van der Waals surface area contributed by atoms with Gasteiger partial charge in [0.2, 0.25) is 5.91 Å². The topological polar surface area (TPSA) is 72.9 Å². The molecular weight excluding hydrogens is 252 g/mol. The largest absolute Gasteiger partial charge is 0.330 e. The van der Waals surface area contributed by atoms with Gasteiger partial charge in [-0.1, -0.05) is 26.0 Å². The van der Waals surface area contributed by atoms with Crippen molar-refractivity contribution in [2.24, 2.45) is 17.6 Å². The van der Waals surface area contributed by atoms with Crippen LogP contribution < -0.4 is 11.1 Å². The van der Waals surface area contributed by atoms with E-state index in [1.54, 1.807) is 12.5 Å². The summed E-state index contributed by atoms with van der Waals surface area (Å²) < 4.78 is 1.86. The number of nitrogens with two attached hydrogens (primary N) is 1. The number of hydrogen-bond acceptors (Lipinski definition) is 3. The fraction of sp³-hybridized carbons (Fsp3) is 0.333. The van der Waals surface area contributed by atoms with E-state index in [4.69, 9.17) is 5.73 Å². The van der Waals surface area contributed by atoms with Gasteiger partial charge in [0.25, 0.3) is 0 Å². The predicted octanol–water partition coefficient (Wildman–Crippen LogP) is 2.04. The van der Waals surface area contributed by atoms with Crippen molar-refractivity contribution in [3.8, 4) is 5.69 Å². The van der Waals surface area contributed by atoms with Gasteiger partial charge in [0.15, 0.2) is 0 Å². The van der Waals surface area contributed by atoms with E-state index in [0.29, 0.717) is 6.54 Å². The van der Waals surface area contributed by atoms with E-state index in [1.165, 1.54) is 0 Å². The molecule has 20 heavy (non-hydrogen) atoms. The maximum Gasteiger partial charge on any atom is 0.229 e. The van der Waals surface area contributed by atoms with Crippen LogP contribution in [0.25, 0.3) is 5.69 Å². The van der Waals surface area contributed by atoms with Crippen molar-refractivity contribution in [1.29, 1.82) is 0 Å². The number of nitrogens with one attached hydrogen (secondary N) is 1. The zero-order chi connectivity index (χ0) is 14.5. The molecule has 0 saturated carbocycles. The summed E-state index contributed by atoms with van der Waals surface area (Å²) in [5.74, 6) is -0.0266. The quantitative estimate of drug-likeness (QED) is 0.874. The Morgan fingerprint density at radius 3 is 2.75 bits per heavy atom. The van der Waals surface area contributed by atoms with E-state index >= 15 is 0 Å². The van der Waals surface area contributed by atoms with Crippen LogP contribution in [0.4, 0.5) is 5.69 Å². The van der Waals surface area contributed by atoms with Crippen molar-refractivity contribution in [3.05, 3.63) is 43.0 Å². The van der Waals surface area contributed by atoms with Gasteiger partial charge in [-0.15, -0.1) is 0 Å². The first-order chi connectivity index (χ1) is 9.63. The third kappa shape index (κ3) is 3.05. The lowest BCUT2D eigenvalue weighted by Gasteiger charge is -2.19. The van der Waals surface area contributed by atoms with Crippen LogP contribution in [-0.4, -0.2) is 22.0 Å². The molecule has 106 valence electrons. The second-order valence-corrected chi connectivity index (χ2v) is 5.06. The molecule has 0 aliphatic heterocycles. The summed E-state index contributed by atoms with van der Waals surface area (Å²) in [5.41, 5.74) is 7.33. The number of imidazole rings is 1. The van der Waals surface area contributed by atoms with E-state index in [0.717, 1.165) is 11.4 Å². The second-order valence-electron chi connectivity index (χ2n) is 5.06. The molecule has 0 aliphatic rings. The molecule has 0 saturated heterocycles. The van der Waals surface area contributed by atoms with Gasteiger partial charge < -0.3 is 15.6 Å². The van der Waals surface area contributed by atoms with Crippen LogP contribution in [-0.2, 0) is 4.79 Å². The monoisotopic (exact) mass is 272 g/mol. The van der Waals surface area contributed by atoms with Crippen LogP contribution in [0.5, 0.6) is 0 Å². The lowest BCUT2D eigenvalue weighted by atomic mass is 9.95. The number of carbonyl (C=O) groups excluding carboxylic acids is 1. The zero-order valence-electron chi connectivity index (χ0n) is 11.8. The van der Waals surface area contributed by atoms with Gasteiger partial charge in [-0.2, -0.15) is 0 Å². The molecule has 2 rings (SSSR count). The summed E-state index contributed by atoms with van der Waals surface area (Å²) in [4.78, 5) is 16.3. The Labute approximate surface area is 118 Å². The van der Waals surface area contributed by atoms with E-state index in [1.807, 2.05) is 48.9 Å². The molecule has 1 atom stereocenters. The van der Waals surface area contributed by atoms with E-state index < -0.39 is 0 Å². The minimum Gasteiger partial charge on any atom is -0.330 e. The Morgan fingerprint density at radius 2 is 2.15 bits per heavy atom. The predicted molar refractivity (Wildman–Crippen MR) is 79.6 cm³/mol. The highest BCUT2D eigenvalue weighted by Gasteiger charge is 2.21. The van der Waals surface area contributed by atoms with E-state index in [9.17, 15) is 4.79 Å². The number of para-hydroxylation sites is 2. The average Bonchev–Trinajstić information content (AvgIpc) is 2.93. The Morgan fingerprint density at radius 1 is 1.40 bits per heavy atom. The molecule has 3 N–H and O–H groups in total. The molecule has 1 aromatic carbocycles. The molecule has 1 aromatic heterocycles. The highest BCUT2D eigenvalue weighted by atomic mass is 16.1. The van der Waals surface area contributed by atoms with Crippen LogP contribution in [0, 0.1) is 11.8 Å². The summed E-state index contributed by atoms with van der Waals surface area (Å²) >= 11 is 0. The van der Waals surface area contributed by atoms with Crippen LogP contribution in [0.1, 0.15) is 13.8 Å². The Balaban J connectivity index is 2.24. The van der Waals surface area contributed by atoms with Crippen molar-refractivity contribution in [2.75, 3.05) is 11.9 Å². The van der Waals surface area contributed by atoms with Crippen LogP contribution >= 0.6 is 0 Å². The third-order valence-electron chi connectivity index (χ3n) is 3.34. The number of nitrogens with zero attached hydrogens (tertiary/aromatic N) is 2. The van der Waals surface area contributed by atoms with Crippen LogP contribution in [0.3, 0.4) is 0 Å². The molecule has 2 aromatic rings. The standard InChI is InChI=1S/C15H20N4O/c1-11(2)12(9-16)15(20)18-13-5-3-4-6-14(13)19-8-7-17-10-19/h3-8,10-12H,9,16H2,1-2H3,(H,18,20). The molecule has 1 amide bonds. The van der Waals surface area contributed by atoms with Crippen molar-refractivity contribution in [3.63, 3.8) is 0 Å². The lowest BCUT2D eigenvalue weighted by Crippen LogP contribution is -2.33. The third-order valence-corrected chi connectivity index (χ3v) is 3.34. The van der Waals surface area contributed by atoms with Gasteiger partial charge in [0.05, 0.1) is 23.6 Å². The molecule has 1 unspecified atom stereocenters. The van der Waals surface area contributed by atoms with Crippen molar-refractivity contribution >= 4 is 11.6 Å². The number of aromatic nitrogens is 2. The number of anilines is 1. The Bertz CT molecular complexity index is 563. The number of rotatable bonds is 5. The molecule has 0 fully saturated rings. The fourth-order valence-corrected chi connectivity index (χ4v) is 2.11. The first-order valence-electron chi connectivity index (χ1n) is 6.71. The number of hydrogen-bond donors (Lipinski definition) is 2. The first kappa shape index (κ1) is 14.3. The maximum absolute atomic E-state index is 12.3. The smallest absolute Gasteiger partial charge is 0.229 e. The maximum atomic E-state index is 12.3. The van der Waals surface area contributed by atoms with Crippen LogP contribution in [0.15, 0.2) is 43.0 Å². The highest BCUT2D eigenvalue weighted by Crippen LogP contribution is 2.21. The Kier molecular flexibility index (Phi) is 4.53. The molecule has 0 bridgehead atoms. The van der Waals surface area contributed by atoms with E-state index in [-0.39, 0.29) is 17.7 Å². The summed E-state index contributed by atoms with van der Waals surface area (Å²) in [5, 5.41) is 2.96. The second kappa shape index (κ2) is 6.34. The SMILES string of the molecule is CC(C)C(CN)C(=O)Nc1ccccc1-n1ccnc1. The zero-order valence-corrected chi connectivity index (χ0v) is 11.8. The van der Waals surface area contributed by atoms with Gasteiger partial charge in [-0.05, 0) is 18.1 Å².